The van der Waals surface area contributed by atoms with E-state index in [0.717, 1.165) is 5.57 Å². The van der Waals surface area contributed by atoms with Crippen LogP contribution in [-0.4, -0.2) is 34.5 Å². The molecule has 1 N–H and O–H groups in total. The fourth-order valence-electron chi connectivity index (χ4n) is 3.37. The van der Waals surface area contributed by atoms with E-state index >= 15 is 0 Å². The number of rotatable bonds is 5. The van der Waals surface area contributed by atoms with Gasteiger partial charge in [0.25, 0.3) is 5.56 Å². The zero-order chi connectivity index (χ0) is 21.9. The highest BCUT2D eigenvalue weighted by molar-refractivity contribution is 6.19. The molecule has 0 saturated heterocycles. The first-order valence-corrected chi connectivity index (χ1v) is 9.76. The van der Waals surface area contributed by atoms with Crippen LogP contribution >= 0.6 is 0 Å². The van der Waals surface area contributed by atoms with Gasteiger partial charge in [-0.1, -0.05) is 35.6 Å². The summed E-state index contributed by atoms with van der Waals surface area (Å²) in [6.45, 7) is 5.31. The predicted molar refractivity (Wildman–Crippen MR) is 114 cm³/mol. The van der Waals surface area contributed by atoms with E-state index in [2.05, 4.69) is 11.8 Å². The summed E-state index contributed by atoms with van der Waals surface area (Å²) in [5.74, 6) is 5.94. The second kappa shape index (κ2) is 8.60. The van der Waals surface area contributed by atoms with Gasteiger partial charge in [-0.25, -0.2) is 4.79 Å². The van der Waals surface area contributed by atoms with Crippen LogP contribution in [0.2, 0.25) is 0 Å². The Bertz CT molecular complexity index is 1110. The first-order valence-electron chi connectivity index (χ1n) is 9.76. The van der Waals surface area contributed by atoms with Gasteiger partial charge in [-0.3, -0.25) is 4.79 Å². The van der Waals surface area contributed by atoms with E-state index in [0.29, 0.717) is 34.4 Å². The number of hydrogen-bond acceptors (Lipinski definition) is 5. The summed E-state index contributed by atoms with van der Waals surface area (Å²) in [6.07, 6.45) is 1.96. The SMILES string of the molecule is CCOC(=O)C1=C(C)Cc2c1c(C#CC(C)(O)COc1ccccc1)cn(C)c2=O. The van der Waals surface area contributed by atoms with Crippen LogP contribution in [0.4, 0.5) is 0 Å². The normalized spacial score (nSPS) is 14.4. The highest BCUT2D eigenvalue weighted by Crippen LogP contribution is 2.34. The number of aromatic nitrogens is 1. The summed E-state index contributed by atoms with van der Waals surface area (Å²) in [4.78, 5) is 25.1. The van der Waals surface area contributed by atoms with Crippen LogP contribution in [0.3, 0.4) is 0 Å². The lowest BCUT2D eigenvalue weighted by Crippen LogP contribution is -2.30. The largest absolute Gasteiger partial charge is 0.490 e. The summed E-state index contributed by atoms with van der Waals surface area (Å²) >= 11 is 0. The summed E-state index contributed by atoms with van der Waals surface area (Å²) in [6, 6.07) is 9.15. The molecule has 0 amide bonds. The predicted octanol–water partition coefficient (Wildman–Crippen LogP) is 2.46. The Morgan fingerprint density at radius 1 is 1.30 bits per heavy atom. The van der Waals surface area contributed by atoms with Gasteiger partial charge in [0.1, 0.15) is 12.4 Å². The molecular formula is C24H25NO5. The lowest BCUT2D eigenvalue weighted by molar-refractivity contribution is -0.136. The second-order valence-corrected chi connectivity index (χ2v) is 7.49. The van der Waals surface area contributed by atoms with Crippen molar-refractivity contribution in [1.29, 1.82) is 0 Å². The zero-order valence-electron chi connectivity index (χ0n) is 17.6. The summed E-state index contributed by atoms with van der Waals surface area (Å²) in [5.41, 5.74) is 1.06. The topological polar surface area (TPSA) is 77.8 Å². The van der Waals surface area contributed by atoms with Crippen LogP contribution in [0, 0.1) is 11.8 Å². The number of para-hydroxylation sites is 1. The highest BCUT2D eigenvalue weighted by Gasteiger charge is 2.30. The van der Waals surface area contributed by atoms with E-state index in [4.69, 9.17) is 9.47 Å². The van der Waals surface area contributed by atoms with Gasteiger partial charge in [0, 0.05) is 36.4 Å². The van der Waals surface area contributed by atoms with Crippen LogP contribution in [-0.2, 0) is 23.0 Å². The van der Waals surface area contributed by atoms with Gasteiger partial charge < -0.3 is 19.1 Å². The Kier molecular flexibility index (Phi) is 6.14. The van der Waals surface area contributed by atoms with Gasteiger partial charge in [-0.2, -0.15) is 0 Å². The second-order valence-electron chi connectivity index (χ2n) is 7.49. The number of nitrogens with zero attached hydrogens (tertiary/aromatic N) is 1. The molecule has 1 aromatic carbocycles. The molecule has 156 valence electrons. The van der Waals surface area contributed by atoms with Crippen molar-refractivity contribution in [2.24, 2.45) is 7.05 Å². The zero-order valence-corrected chi connectivity index (χ0v) is 17.6. The van der Waals surface area contributed by atoms with Crippen LogP contribution in [0.25, 0.3) is 5.57 Å². The number of carbonyl (C=O) groups is 1. The van der Waals surface area contributed by atoms with Crippen molar-refractivity contribution >= 4 is 11.5 Å². The number of ether oxygens (including phenoxy) is 2. The minimum absolute atomic E-state index is 0.0302. The molecule has 0 spiro atoms. The number of esters is 1. The van der Waals surface area contributed by atoms with Crippen molar-refractivity contribution in [1.82, 2.24) is 4.57 Å². The molecule has 1 aliphatic rings. The fourth-order valence-corrected chi connectivity index (χ4v) is 3.37. The number of benzene rings is 1. The monoisotopic (exact) mass is 407 g/mol. The molecule has 0 fully saturated rings. The molecule has 2 aromatic rings. The fraction of sp³-hybridized carbons (Fsp3) is 0.333. The van der Waals surface area contributed by atoms with Crippen LogP contribution in [0.5, 0.6) is 5.75 Å². The lowest BCUT2D eigenvalue weighted by Gasteiger charge is -2.17. The van der Waals surface area contributed by atoms with Crippen molar-refractivity contribution in [3.05, 3.63) is 69.1 Å². The van der Waals surface area contributed by atoms with Crippen molar-refractivity contribution in [3.8, 4) is 17.6 Å². The van der Waals surface area contributed by atoms with Crippen LogP contribution < -0.4 is 10.3 Å². The van der Waals surface area contributed by atoms with Crippen LogP contribution in [0.1, 0.15) is 37.5 Å². The third-order valence-electron chi connectivity index (χ3n) is 4.80. The molecular weight excluding hydrogens is 382 g/mol. The Labute approximate surface area is 175 Å². The first-order chi connectivity index (χ1) is 14.2. The number of allylic oxidation sites excluding steroid dienone is 1. The number of aliphatic hydroxyl groups is 1. The molecule has 1 aromatic heterocycles. The van der Waals surface area contributed by atoms with Crippen molar-refractivity contribution in [3.63, 3.8) is 0 Å². The minimum Gasteiger partial charge on any atom is -0.490 e. The minimum atomic E-state index is -1.43. The lowest BCUT2D eigenvalue weighted by atomic mass is 10.00. The molecule has 1 unspecified atom stereocenters. The maximum Gasteiger partial charge on any atom is 0.338 e. The van der Waals surface area contributed by atoms with Gasteiger partial charge >= 0.3 is 5.97 Å². The molecule has 0 radical (unpaired) electrons. The third-order valence-corrected chi connectivity index (χ3v) is 4.80. The van der Waals surface area contributed by atoms with E-state index in [1.165, 1.54) is 4.57 Å². The molecule has 0 aliphatic heterocycles. The van der Waals surface area contributed by atoms with Gasteiger partial charge in [-0.05, 0) is 32.9 Å². The maximum absolute atomic E-state index is 12.6. The maximum atomic E-state index is 12.6. The standard InChI is InChI=1S/C24H25NO5/c1-5-29-23(27)20-16(2)13-19-21(20)17(14-25(4)22(19)26)11-12-24(3,28)15-30-18-9-7-6-8-10-18/h6-10,14,28H,5,13,15H2,1-4H3. The molecule has 6 nitrogen and oxygen atoms in total. The number of hydrogen-bond donors (Lipinski definition) is 1. The Hall–Kier alpha value is -3.30. The summed E-state index contributed by atoms with van der Waals surface area (Å²) in [5, 5.41) is 10.7. The Balaban J connectivity index is 1.96. The molecule has 3 rings (SSSR count). The molecule has 1 aliphatic carbocycles. The molecule has 6 heteroatoms. The molecule has 30 heavy (non-hydrogen) atoms. The Morgan fingerprint density at radius 3 is 2.67 bits per heavy atom. The van der Waals surface area contributed by atoms with Crippen molar-refractivity contribution in [2.45, 2.75) is 32.8 Å². The van der Waals surface area contributed by atoms with Gasteiger partial charge in [0.15, 0.2) is 5.60 Å². The molecule has 0 bridgehead atoms. The van der Waals surface area contributed by atoms with E-state index in [1.54, 1.807) is 39.2 Å². The average molecular weight is 407 g/mol. The van der Waals surface area contributed by atoms with Crippen molar-refractivity contribution in [2.75, 3.05) is 13.2 Å². The van der Waals surface area contributed by atoms with E-state index in [-0.39, 0.29) is 18.8 Å². The van der Waals surface area contributed by atoms with Gasteiger partial charge in [0.05, 0.1) is 12.2 Å². The van der Waals surface area contributed by atoms with Gasteiger partial charge in [0.2, 0.25) is 0 Å². The number of fused-ring (bicyclic) bond motifs is 1. The van der Waals surface area contributed by atoms with E-state index in [1.807, 2.05) is 25.1 Å². The highest BCUT2D eigenvalue weighted by atomic mass is 16.5. The number of aryl methyl sites for hydroxylation is 1. The van der Waals surface area contributed by atoms with E-state index < -0.39 is 11.6 Å². The molecule has 1 heterocycles. The smallest absolute Gasteiger partial charge is 0.338 e. The number of pyridine rings is 1. The first kappa shape index (κ1) is 21.4. The average Bonchev–Trinajstić information content (AvgIpc) is 3.07. The summed E-state index contributed by atoms with van der Waals surface area (Å²) in [7, 11) is 1.64. The van der Waals surface area contributed by atoms with Crippen molar-refractivity contribution < 1.29 is 19.4 Å². The molecule has 0 saturated carbocycles. The summed E-state index contributed by atoms with van der Waals surface area (Å²) < 4.78 is 12.2. The van der Waals surface area contributed by atoms with Gasteiger partial charge in [-0.15, -0.1) is 0 Å². The van der Waals surface area contributed by atoms with Crippen LogP contribution in [0.15, 0.2) is 46.9 Å². The number of carbonyl (C=O) groups excluding carboxylic acids is 1. The third kappa shape index (κ3) is 4.47. The molecule has 1 atom stereocenters. The quantitative estimate of drug-likeness (QED) is 0.609. The van der Waals surface area contributed by atoms with E-state index in [9.17, 15) is 14.7 Å². The Morgan fingerprint density at radius 2 is 2.00 bits per heavy atom.